The largest absolute Gasteiger partial charge is 0.316 e. The highest BCUT2D eigenvalue weighted by Gasteiger charge is 2.14. The number of halogens is 1. The van der Waals surface area contributed by atoms with E-state index in [1.807, 2.05) is 48.0 Å². The molecule has 0 aliphatic heterocycles. The number of aromatic amines is 1. The van der Waals surface area contributed by atoms with Crippen molar-refractivity contribution in [1.82, 2.24) is 0 Å². The number of amides is 1. The minimum Gasteiger partial charge on any atom is -0.316 e. The molecular weight excluding hydrogens is 324 g/mol. The number of hydrogen-bond donors (Lipinski definition) is 1. The van der Waals surface area contributed by atoms with Crippen molar-refractivity contribution in [3.63, 3.8) is 0 Å². The molecule has 0 saturated heterocycles. The number of fused-ring (bicyclic) bond motifs is 1. The van der Waals surface area contributed by atoms with Crippen molar-refractivity contribution in [2.45, 2.75) is 0 Å². The van der Waals surface area contributed by atoms with Gasteiger partial charge in [0.2, 0.25) is 5.52 Å². The Labute approximate surface area is 122 Å². The standard InChI is InChI=1S/C14H9BrN2OS/c15-10-5-6-11(13-9(10)3-1-7-16-13)17-14(18)12-4-2-8-19-12/h1-8H,(H,17,18)/p+1. The number of pyridine rings is 1. The van der Waals surface area contributed by atoms with Crippen molar-refractivity contribution in [2.75, 3.05) is 5.32 Å². The number of anilines is 1. The van der Waals surface area contributed by atoms with Crippen molar-refractivity contribution in [3.05, 3.63) is 57.3 Å². The molecule has 0 saturated carbocycles. The highest BCUT2D eigenvalue weighted by molar-refractivity contribution is 9.10. The second kappa shape index (κ2) is 5.11. The molecule has 94 valence electrons. The fraction of sp³-hybridized carbons (Fsp3) is 0. The van der Waals surface area contributed by atoms with Crippen molar-refractivity contribution in [1.29, 1.82) is 0 Å². The minimum absolute atomic E-state index is 0.0872. The Hall–Kier alpha value is -1.72. The monoisotopic (exact) mass is 333 g/mol. The summed E-state index contributed by atoms with van der Waals surface area (Å²) in [6.07, 6.45) is 1.84. The summed E-state index contributed by atoms with van der Waals surface area (Å²) in [5.74, 6) is -0.0872. The lowest BCUT2D eigenvalue weighted by atomic mass is 10.2. The Bertz CT molecular complexity index is 740. The SMILES string of the molecule is O=C(Nc1ccc(Br)c2ccc[nH+]c12)c1cccs1. The number of carbonyl (C=O) groups excluding carboxylic acids is 1. The fourth-order valence-corrected chi connectivity index (χ4v) is 2.97. The summed E-state index contributed by atoms with van der Waals surface area (Å²) in [5.41, 5.74) is 1.68. The van der Waals surface area contributed by atoms with Crippen LogP contribution in [0.3, 0.4) is 0 Å². The normalized spacial score (nSPS) is 10.6. The van der Waals surface area contributed by atoms with Crippen LogP contribution in [0.15, 0.2) is 52.4 Å². The first-order chi connectivity index (χ1) is 9.25. The molecule has 2 heterocycles. The molecule has 0 radical (unpaired) electrons. The summed E-state index contributed by atoms with van der Waals surface area (Å²) < 4.78 is 0.994. The Morgan fingerprint density at radius 1 is 1.21 bits per heavy atom. The smallest absolute Gasteiger partial charge is 0.265 e. The van der Waals surface area contributed by atoms with Gasteiger partial charge in [-0.3, -0.25) is 4.79 Å². The molecule has 0 spiro atoms. The highest BCUT2D eigenvalue weighted by atomic mass is 79.9. The first-order valence-electron chi connectivity index (χ1n) is 5.69. The van der Waals surface area contributed by atoms with Gasteiger partial charge in [0, 0.05) is 10.5 Å². The molecule has 5 heteroatoms. The van der Waals surface area contributed by atoms with Gasteiger partial charge in [-0.2, -0.15) is 0 Å². The number of H-pyrrole nitrogens is 1. The molecule has 3 aromatic rings. The average Bonchev–Trinajstić information content (AvgIpc) is 2.96. The maximum Gasteiger partial charge on any atom is 0.265 e. The zero-order valence-electron chi connectivity index (χ0n) is 9.81. The van der Waals surface area contributed by atoms with Crippen LogP contribution >= 0.6 is 27.3 Å². The first kappa shape index (κ1) is 12.3. The van der Waals surface area contributed by atoms with Crippen LogP contribution in [0.4, 0.5) is 5.69 Å². The molecule has 1 amide bonds. The topological polar surface area (TPSA) is 43.2 Å². The van der Waals surface area contributed by atoms with Gasteiger partial charge in [0.05, 0.1) is 10.3 Å². The molecule has 3 rings (SSSR count). The fourth-order valence-electron chi connectivity index (χ4n) is 1.88. The molecular formula is C14H10BrN2OS+. The predicted molar refractivity (Wildman–Crippen MR) is 80.5 cm³/mol. The van der Waals surface area contributed by atoms with Crippen LogP contribution in [0.1, 0.15) is 9.67 Å². The number of carbonyl (C=O) groups is 1. The zero-order valence-corrected chi connectivity index (χ0v) is 12.2. The zero-order chi connectivity index (χ0) is 13.2. The maximum absolute atomic E-state index is 12.1. The van der Waals surface area contributed by atoms with E-state index < -0.39 is 0 Å². The quantitative estimate of drug-likeness (QED) is 0.762. The van der Waals surface area contributed by atoms with Crippen molar-refractivity contribution < 1.29 is 9.78 Å². The third kappa shape index (κ3) is 2.39. The molecule has 19 heavy (non-hydrogen) atoms. The molecule has 2 N–H and O–H groups in total. The summed E-state index contributed by atoms with van der Waals surface area (Å²) in [5, 5.41) is 5.86. The summed E-state index contributed by atoms with van der Waals surface area (Å²) >= 11 is 4.93. The van der Waals surface area contributed by atoms with Crippen LogP contribution in [0.2, 0.25) is 0 Å². The van der Waals surface area contributed by atoms with Crippen LogP contribution in [0, 0.1) is 0 Å². The number of benzene rings is 1. The third-order valence-corrected chi connectivity index (χ3v) is 4.33. The van der Waals surface area contributed by atoms with E-state index in [0.29, 0.717) is 4.88 Å². The van der Waals surface area contributed by atoms with Crippen LogP contribution in [-0.4, -0.2) is 5.91 Å². The lowest BCUT2D eigenvalue weighted by Crippen LogP contribution is -2.13. The number of rotatable bonds is 2. The minimum atomic E-state index is -0.0872. The van der Waals surface area contributed by atoms with E-state index in [0.717, 1.165) is 21.1 Å². The van der Waals surface area contributed by atoms with Gasteiger partial charge in [0.25, 0.3) is 5.91 Å². The van der Waals surface area contributed by atoms with Gasteiger partial charge in [-0.25, -0.2) is 4.98 Å². The second-order valence-electron chi connectivity index (χ2n) is 3.99. The van der Waals surface area contributed by atoms with E-state index >= 15 is 0 Å². The van der Waals surface area contributed by atoms with Crippen molar-refractivity contribution in [3.8, 4) is 0 Å². The van der Waals surface area contributed by atoms with Crippen molar-refractivity contribution in [2.24, 2.45) is 0 Å². The van der Waals surface area contributed by atoms with Gasteiger partial charge in [0.1, 0.15) is 5.69 Å². The van der Waals surface area contributed by atoms with Gasteiger partial charge in [-0.05, 0) is 45.6 Å². The maximum atomic E-state index is 12.1. The lowest BCUT2D eigenvalue weighted by molar-refractivity contribution is -0.344. The first-order valence-corrected chi connectivity index (χ1v) is 7.37. The van der Waals surface area contributed by atoms with Crippen molar-refractivity contribution >= 4 is 49.8 Å². The number of aromatic nitrogens is 1. The summed E-state index contributed by atoms with van der Waals surface area (Å²) in [6.45, 7) is 0. The van der Waals surface area contributed by atoms with E-state index in [4.69, 9.17) is 0 Å². The predicted octanol–water partition coefficient (Wildman–Crippen LogP) is 3.73. The van der Waals surface area contributed by atoms with Crippen LogP contribution in [-0.2, 0) is 0 Å². The Morgan fingerprint density at radius 2 is 2.11 bits per heavy atom. The van der Waals surface area contributed by atoms with Crippen LogP contribution in [0.25, 0.3) is 10.9 Å². The van der Waals surface area contributed by atoms with E-state index in [9.17, 15) is 4.79 Å². The summed E-state index contributed by atoms with van der Waals surface area (Å²) in [4.78, 5) is 15.9. The number of nitrogens with one attached hydrogen (secondary N) is 2. The Morgan fingerprint density at radius 3 is 2.89 bits per heavy atom. The highest BCUT2D eigenvalue weighted by Crippen LogP contribution is 2.27. The van der Waals surface area contributed by atoms with Gasteiger partial charge in [0.15, 0.2) is 6.20 Å². The van der Waals surface area contributed by atoms with Gasteiger partial charge >= 0.3 is 0 Å². The Balaban J connectivity index is 2.02. The van der Waals surface area contributed by atoms with Crippen LogP contribution in [0.5, 0.6) is 0 Å². The number of thiophene rings is 1. The molecule has 0 fully saturated rings. The van der Waals surface area contributed by atoms with E-state index in [2.05, 4.69) is 26.2 Å². The molecule has 0 atom stereocenters. The molecule has 3 nitrogen and oxygen atoms in total. The van der Waals surface area contributed by atoms with E-state index in [1.54, 1.807) is 0 Å². The summed E-state index contributed by atoms with van der Waals surface area (Å²) in [7, 11) is 0. The van der Waals surface area contributed by atoms with Gasteiger partial charge in [-0.15, -0.1) is 11.3 Å². The molecule has 0 unspecified atom stereocenters. The lowest BCUT2D eigenvalue weighted by Gasteiger charge is -2.04. The van der Waals surface area contributed by atoms with E-state index in [-0.39, 0.29) is 5.91 Å². The molecule has 0 aliphatic carbocycles. The average molecular weight is 334 g/mol. The molecule has 0 bridgehead atoms. The Kier molecular flexibility index (Phi) is 3.31. The second-order valence-corrected chi connectivity index (χ2v) is 5.79. The van der Waals surface area contributed by atoms with Gasteiger partial charge in [-0.1, -0.05) is 6.07 Å². The van der Waals surface area contributed by atoms with E-state index in [1.165, 1.54) is 11.3 Å². The van der Waals surface area contributed by atoms with Crippen LogP contribution < -0.4 is 10.3 Å². The molecule has 0 aliphatic rings. The summed E-state index contributed by atoms with van der Waals surface area (Å²) in [6, 6.07) is 11.4. The molecule has 2 aromatic heterocycles. The molecule has 1 aromatic carbocycles. The van der Waals surface area contributed by atoms with Gasteiger partial charge < -0.3 is 5.32 Å². The number of hydrogen-bond acceptors (Lipinski definition) is 2. The third-order valence-electron chi connectivity index (χ3n) is 2.77.